The second-order valence-electron chi connectivity index (χ2n) is 6.76. The third-order valence-electron chi connectivity index (χ3n) is 5.27. The van der Waals surface area contributed by atoms with Gasteiger partial charge in [-0.2, -0.15) is 0 Å². The fraction of sp³-hybridized carbons (Fsp3) is 0.421. The molecule has 146 valence electrons. The van der Waals surface area contributed by atoms with E-state index in [9.17, 15) is 4.79 Å². The summed E-state index contributed by atoms with van der Waals surface area (Å²) in [6.07, 6.45) is 8.81. The van der Waals surface area contributed by atoms with Crippen LogP contribution in [0.2, 0.25) is 0 Å². The summed E-state index contributed by atoms with van der Waals surface area (Å²) in [5.74, 6) is 1.20. The van der Waals surface area contributed by atoms with Gasteiger partial charge in [0.2, 0.25) is 5.91 Å². The van der Waals surface area contributed by atoms with Crippen LogP contribution in [0.4, 0.5) is 17.2 Å². The van der Waals surface area contributed by atoms with Crippen molar-refractivity contribution in [1.29, 1.82) is 0 Å². The summed E-state index contributed by atoms with van der Waals surface area (Å²) in [4.78, 5) is 25.8. The van der Waals surface area contributed by atoms with Crippen molar-refractivity contribution in [2.24, 2.45) is 5.92 Å². The van der Waals surface area contributed by atoms with Gasteiger partial charge in [-0.05, 0) is 43.4 Å². The maximum atomic E-state index is 13.1. The molecule has 0 saturated carbocycles. The topological polar surface area (TPSA) is 75.3 Å². The van der Waals surface area contributed by atoms with Crippen molar-refractivity contribution in [3.63, 3.8) is 0 Å². The molecule has 3 heterocycles. The van der Waals surface area contributed by atoms with E-state index in [1.54, 1.807) is 18.6 Å². The minimum atomic E-state index is 0. The lowest BCUT2D eigenvalue weighted by molar-refractivity contribution is -0.123. The van der Waals surface area contributed by atoms with E-state index in [1.807, 2.05) is 23.1 Å². The van der Waals surface area contributed by atoms with Gasteiger partial charge in [-0.3, -0.25) is 9.78 Å². The molecule has 0 atom stereocenters. The third kappa shape index (κ3) is 4.28. The summed E-state index contributed by atoms with van der Waals surface area (Å²) < 4.78 is 0. The predicted octanol–water partition coefficient (Wildman–Crippen LogP) is 3.10. The lowest BCUT2D eigenvalue weighted by Crippen LogP contribution is -2.44. The molecule has 0 unspecified atom stereocenters. The largest absolute Gasteiger partial charge is 0.398 e. The normalized spacial score (nSPS) is 16.7. The summed E-state index contributed by atoms with van der Waals surface area (Å²) in [6.45, 7) is 2.47. The molecule has 2 aliphatic heterocycles. The lowest BCUT2D eigenvalue weighted by Gasteiger charge is -2.37. The SMILES string of the molecule is Cl.Cl.Nc1cccc2c1CCCN2C(=O)C1CCN(c2cnccn2)CC1. The number of carbonyl (C=O) groups excluding carboxylic acids is 1. The van der Waals surface area contributed by atoms with Gasteiger partial charge in [-0.15, -0.1) is 24.8 Å². The van der Waals surface area contributed by atoms with E-state index in [4.69, 9.17) is 5.73 Å². The highest BCUT2D eigenvalue weighted by Crippen LogP contribution is 2.33. The van der Waals surface area contributed by atoms with E-state index < -0.39 is 0 Å². The first-order chi connectivity index (χ1) is 12.2. The summed E-state index contributed by atoms with van der Waals surface area (Å²) in [5, 5.41) is 0. The Balaban J connectivity index is 0.00000131. The molecule has 2 aromatic rings. The Labute approximate surface area is 172 Å². The molecule has 0 spiro atoms. The molecule has 1 aromatic carbocycles. The molecule has 0 radical (unpaired) electrons. The van der Waals surface area contributed by atoms with Crippen LogP contribution in [0.5, 0.6) is 0 Å². The number of hydrogen-bond donors (Lipinski definition) is 1. The molecule has 1 fully saturated rings. The van der Waals surface area contributed by atoms with Crippen molar-refractivity contribution >= 4 is 47.9 Å². The van der Waals surface area contributed by atoms with Gasteiger partial charge in [0, 0.05) is 49.3 Å². The molecule has 1 aromatic heterocycles. The Bertz CT molecular complexity index is 766. The van der Waals surface area contributed by atoms with Crippen LogP contribution in [0.15, 0.2) is 36.8 Å². The van der Waals surface area contributed by atoms with E-state index in [0.717, 1.165) is 68.1 Å². The highest BCUT2D eigenvalue weighted by molar-refractivity contribution is 5.97. The molecule has 6 nitrogen and oxygen atoms in total. The molecule has 2 N–H and O–H groups in total. The average molecular weight is 410 g/mol. The molecular formula is C19H25Cl2N5O. The molecule has 1 amide bonds. The van der Waals surface area contributed by atoms with Crippen LogP contribution in [-0.2, 0) is 11.2 Å². The van der Waals surface area contributed by atoms with E-state index in [2.05, 4.69) is 14.9 Å². The highest BCUT2D eigenvalue weighted by Gasteiger charge is 2.32. The zero-order valence-electron chi connectivity index (χ0n) is 15.1. The van der Waals surface area contributed by atoms with Crippen LogP contribution in [0.3, 0.4) is 0 Å². The number of hydrogen-bond acceptors (Lipinski definition) is 5. The number of anilines is 3. The monoisotopic (exact) mass is 409 g/mol. The summed E-state index contributed by atoms with van der Waals surface area (Å²) >= 11 is 0. The van der Waals surface area contributed by atoms with Gasteiger partial charge >= 0.3 is 0 Å². The fourth-order valence-electron chi connectivity index (χ4n) is 3.91. The van der Waals surface area contributed by atoms with E-state index in [1.165, 1.54) is 0 Å². The Morgan fingerprint density at radius 3 is 2.59 bits per heavy atom. The number of fused-ring (bicyclic) bond motifs is 1. The number of nitrogens with two attached hydrogens (primary N) is 1. The quantitative estimate of drug-likeness (QED) is 0.771. The lowest BCUT2D eigenvalue weighted by atomic mass is 9.92. The maximum absolute atomic E-state index is 13.1. The van der Waals surface area contributed by atoms with Gasteiger partial charge in [0.05, 0.1) is 6.20 Å². The Morgan fingerprint density at radius 1 is 1.11 bits per heavy atom. The van der Waals surface area contributed by atoms with Gasteiger partial charge in [0.25, 0.3) is 0 Å². The second-order valence-corrected chi connectivity index (χ2v) is 6.76. The van der Waals surface area contributed by atoms with Crippen LogP contribution < -0.4 is 15.5 Å². The number of aromatic nitrogens is 2. The minimum absolute atomic E-state index is 0. The van der Waals surface area contributed by atoms with Crippen LogP contribution in [0, 0.1) is 5.92 Å². The predicted molar refractivity (Wildman–Crippen MR) is 113 cm³/mol. The van der Waals surface area contributed by atoms with Crippen molar-refractivity contribution in [2.45, 2.75) is 25.7 Å². The second kappa shape index (κ2) is 9.24. The number of piperidine rings is 1. The van der Waals surface area contributed by atoms with Crippen LogP contribution in [0.1, 0.15) is 24.8 Å². The highest BCUT2D eigenvalue weighted by atomic mass is 35.5. The van der Waals surface area contributed by atoms with Gasteiger partial charge in [0.1, 0.15) is 5.82 Å². The number of carbonyl (C=O) groups is 1. The molecule has 4 rings (SSSR count). The number of nitrogens with zero attached hydrogens (tertiary/aromatic N) is 4. The summed E-state index contributed by atoms with van der Waals surface area (Å²) in [5.41, 5.74) is 9.04. The van der Waals surface area contributed by atoms with Crippen molar-refractivity contribution < 1.29 is 4.79 Å². The van der Waals surface area contributed by atoms with E-state index in [-0.39, 0.29) is 36.6 Å². The molecule has 8 heteroatoms. The molecule has 1 saturated heterocycles. The molecule has 2 aliphatic rings. The van der Waals surface area contributed by atoms with Gasteiger partial charge in [-0.25, -0.2) is 4.98 Å². The first-order valence-corrected chi connectivity index (χ1v) is 8.94. The number of rotatable bonds is 2. The maximum Gasteiger partial charge on any atom is 0.230 e. The standard InChI is InChI=1S/C19H23N5O.2ClH/c20-16-4-1-5-17-15(16)3-2-10-24(17)19(25)14-6-11-23(12-7-14)18-13-21-8-9-22-18;;/h1,4-5,8-9,13-14H,2-3,6-7,10-12,20H2;2*1H. The van der Waals surface area contributed by atoms with Crippen molar-refractivity contribution in [3.8, 4) is 0 Å². The van der Waals surface area contributed by atoms with Crippen LogP contribution in [0.25, 0.3) is 0 Å². The fourth-order valence-corrected chi connectivity index (χ4v) is 3.91. The number of benzene rings is 1. The molecule has 27 heavy (non-hydrogen) atoms. The Hall–Kier alpha value is -2.05. The summed E-state index contributed by atoms with van der Waals surface area (Å²) in [6, 6.07) is 5.89. The molecule has 0 bridgehead atoms. The van der Waals surface area contributed by atoms with Crippen molar-refractivity contribution in [2.75, 3.05) is 35.2 Å². The summed E-state index contributed by atoms with van der Waals surface area (Å²) in [7, 11) is 0. The molecule has 0 aliphatic carbocycles. The minimum Gasteiger partial charge on any atom is -0.398 e. The molecular weight excluding hydrogens is 385 g/mol. The van der Waals surface area contributed by atoms with E-state index in [0.29, 0.717) is 0 Å². The Morgan fingerprint density at radius 2 is 1.89 bits per heavy atom. The van der Waals surface area contributed by atoms with Crippen LogP contribution in [-0.4, -0.2) is 35.5 Å². The van der Waals surface area contributed by atoms with Crippen molar-refractivity contribution in [3.05, 3.63) is 42.4 Å². The zero-order valence-corrected chi connectivity index (χ0v) is 16.7. The number of halogens is 2. The van der Waals surface area contributed by atoms with Crippen LogP contribution >= 0.6 is 24.8 Å². The van der Waals surface area contributed by atoms with Gasteiger partial charge in [-0.1, -0.05) is 6.07 Å². The van der Waals surface area contributed by atoms with Gasteiger partial charge in [0.15, 0.2) is 0 Å². The average Bonchev–Trinajstić information content (AvgIpc) is 2.68. The Kier molecular flexibility index (Phi) is 7.27. The van der Waals surface area contributed by atoms with E-state index >= 15 is 0 Å². The van der Waals surface area contributed by atoms with Crippen molar-refractivity contribution in [1.82, 2.24) is 9.97 Å². The first kappa shape index (κ1) is 21.3. The number of nitrogen functional groups attached to an aromatic ring is 1. The number of amides is 1. The zero-order chi connectivity index (χ0) is 17.2. The third-order valence-corrected chi connectivity index (χ3v) is 5.27. The smallest absolute Gasteiger partial charge is 0.230 e. The van der Waals surface area contributed by atoms with Gasteiger partial charge < -0.3 is 15.5 Å². The first-order valence-electron chi connectivity index (χ1n) is 8.94.